The lowest BCUT2D eigenvalue weighted by molar-refractivity contribution is 0.0931. The number of nitrogens with one attached hydrogen (secondary N) is 3. The average Bonchev–Trinajstić information content (AvgIpc) is 3.24. The van der Waals surface area contributed by atoms with Crippen molar-refractivity contribution in [1.82, 2.24) is 20.8 Å². The van der Waals surface area contributed by atoms with Gasteiger partial charge in [-0.25, -0.2) is 0 Å². The molecule has 1 aromatic carbocycles. The predicted molar refractivity (Wildman–Crippen MR) is 142 cm³/mol. The lowest BCUT2D eigenvalue weighted by Gasteiger charge is -2.20. The molecule has 2 aromatic rings. The fraction of sp³-hybridized carbons (Fsp3) is 0.630. The summed E-state index contributed by atoms with van der Waals surface area (Å²) >= 11 is 0. The van der Waals surface area contributed by atoms with Crippen molar-refractivity contribution in [3.05, 3.63) is 46.3 Å². The number of aromatic amines is 1. The normalized spacial score (nSPS) is 11.4. The first-order valence-corrected chi connectivity index (χ1v) is 12.4. The minimum Gasteiger partial charge on any atom is -0.496 e. The summed E-state index contributed by atoms with van der Waals surface area (Å²) < 4.78 is 5.37. The summed E-state index contributed by atoms with van der Waals surface area (Å²) in [6.45, 7) is 23.3. The molecule has 0 saturated carbocycles. The highest BCUT2D eigenvalue weighted by atomic mass is 16.5. The highest BCUT2D eigenvalue weighted by Crippen LogP contribution is 2.23. The molecule has 2 rings (SSSR count). The van der Waals surface area contributed by atoms with Crippen molar-refractivity contribution in [3.8, 4) is 5.75 Å². The molecule has 0 saturated heterocycles. The third kappa shape index (κ3) is 12.5. The zero-order chi connectivity index (χ0) is 26.0. The van der Waals surface area contributed by atoms with E-state index in [0.29, 0.717) is 5.69 Å². The molecule has 1 heterocycles. The second-order valence-electron chi connectivity index (χ2n) is 7.71. The third-order valence-corrected chi connectivity index (χ3v) is 4.73. The Hall–Kier alpha value is -2.34. The van der Waals surface area contributed by atoms with E-state index in [-0.39, 0.29) is 18.0 Å². The van der Waals surface area contributed by atoms with Crippen molar-refractivity contribution in [1.29, 1.82) is 0 Å². The number of hydrogen-bond acceptors (Lipinski definition) is 4. The Labute approximate surface area is 203 Å². The molecule has 6 nitrogen and oxygen atoms in total. The Bertz CT molecular complexity index is 771. The van der Waals surface area contributed by atoms with Gasteiger partial charge in [-0.3, -0.25) is 9.89 Å². The maximum atomic E-state index is 12.1. The molecule has 0 spiro atoms. The Kier molecular flexibility index (Phi) is 19.1. The second-order valence-corrected chi connectivity index (χ2v) is 7.71. The zero-order valence-corrected chi connectivity index (χ0v) is 23.3. The molecule has 2 unspecified atom stereocenters. The number of methoxy groups -OCH3 is 1. The lowest BCUT2D eigenvalue weighted by Crippen LogP contribution is -2.38. The molecule has 0 bridgehead atoms. The molecule has 0 radical (unpaired) electrons. The highest BCUT2D eigenvalue weighted by molar-refractivity contribution is 5.92. The third-order valence-electron chi connectivity index (χ3n) is 4.73. The number of aromatic nitrogens is 2. The van der Waals surface area contributed by atoms with Crippen LogP contribution in [0.5, 0.6) is 5.75 Å². The Morgan fingerprint density at radius 3 is 2.09 bits per heavy atom. The van der Waals surface area contributed by atoms with Gasteiger partial charge in [0.1, 0.15) is 11.4 Å². The molecule has 33 heavy (non-hydrogen) atoms. The molecule has 2 atom stereocenters. The van der Waals surface area contributed by atoms with Crippen LogP contribution >= 0.6 is 0 Å². The van der Waals surface area contributed by atoms with Crippen LogP contribution in [-0.2, 0) is 6.54 Å². The molecular formula is C27H50N4O2. The molecular weight excluding hydrogens is 412 g/mol. The minimum absolute atomic E-state index is 0.0562. The summed E-state index contributed by atoms with van der Waals surface area (Å²) in [4.78, 5) is 12.1. The monoisotopic (exact) mass is 462 g/mol. The van der Waals surface area contributed by atoms with Crippen LogP contribution in [0.2, 0.25) is 0 Å². The number of aryl methyl sites for hydroxylation is 1. The lowest BCUT2D eigenvalue weighted by atomic mass is 10.0. The van der Waals surface area contributed by atoms with E-state index in [9.17, 15) is 4.79 Å². The number of nitrogens with zero attached hydrogens (tertiary/aromatic N) is 1. The van der Waals surface area contributed by atoms with Crippen LogP contribution in [0.3, 0.4) is 0 Å². The summed E-state index contributed by atoms with van der Waals surface area (Å²) in [5.41, 5.74) is 5.00. The van der Waals surface area contributed by atoms with Gasteiger partial charge >= 0.3 is 0 Å². The number of ether oxygens (including phenoxy) is 1. The topological polar surface area (TPSA) is 79.0 Å². The van der Waals surface area contributed by atoms with Crippen molar-refractivity contribution in [2.45, 2.75) is 108 Å². The van der Waals surface area contributed by atoms with E-state index < -0.39 is 0 Å². The van der Waals surface area contributed by atoms with Crippen LogP contribution in [0.1, 0.15) is 101 Å². The van der Waals surface area contributed by atoms with E-state index in [1.165, 1.54) is 23.1 Å². The van der Waals surface area contributed by atoms with Gasteiger partial charge in [-0.05, 0) is 69.9 Å². The van der Waals surface area contributed by atoms with E-state index >= 15 is 0 Å². The number of H-pyrrole nitrogens is 1. The van der Waals surface area contributed by atoms with Gasteiger partial charge in [0.2, 0.25) is 0 Å². The van der Waals surface area contributed by atoms with Gasteiger partial charge in [0, 0.05) is 24.3 Å². The number of hydrogen-bond donors (Lipinski definition) is 3. The number of amides is 1. The summed E-state index contributed by atoms with van der Waals surface area (Å²) in [6.07, 6.45) is 2.09. The molecule has 0 aliphatic rings. The molecule has 6 heteroatoms. The number of benzene rings is 1. The Morgan fingerprint density at radius 2 is 1.61 bits per heavy atom. The first-order chi connectivity index (χ1) is 15.7. The van der Waals surface area contributed by atoms with Crippen LogP contribution in [0.4, 0.5) is 0 Å². The smallest absolute Gasteiger partial charge is 0.271 e. The van der Waals surface area contributed by atoms with E-state index in [1.807, 2.05) is 47.6 Å². The highest BCUT2D eigenvalue weighted by Gasteiger charge is 2.15. The van der Waals surface area contributed by atoms with Crippen molar-refractivity contribution in [3.63, 3.8) is 0 Å². The quantitative estimate of drug-likeness (QED) is 0.418. The molecule has 3 N–H and O–H groups in total. The maximum Gasteiger partial charge on any atom is 0.271 e. The van der Waals surface area contributed by atoms with Crippen molar-refractivity contribution >= 4 is 5.91 Å². The average molecular weight is 463 g/mol. The number of carbonyl (C=O) groups is 1. The fourth-order valence-electron chi connectivity index (χ4n) is 3.05. The molecule has 1 aromatic heterocycles. The van der Waals surface area contributed by atoms with Gasteiger partial charge < -0.3 is 15.4 Å². The van der Waals surface area contributed by atoms with Gasteiger partial charge in [-0.15, -0.1) is 0 Å². The number of rotatable bonds is 8. The molecule has 0 fully saturated rings. The van der Waals surface area contributed by atoms with E-state index in [0.717, 1.165) is 24.4 Å². The first kappa shape index (κ1) is 32.8. The van der Waals surface area contributed by atoms with Crippen LogP contribution in [0.15, 0.2) is 18.2 Å². The van der Waals surface area contributed by atoms with E-state index in [1.54, 1.807) is 13.2 Å². The van der Waals surface area contributed by atoms with Gasteiger partial charge in [-0.2, -0.15) is 5.10 Å². The van der Waals surface area contributed by atoms with Crippen molar-refractivity contribution < 1.29 is 9.53 Å². The second kappa shape index (κ2) is 19.2. The zero-order valence-electron chi connectivity index (χ0n) is 23.3. The molecule has 0 aliphatic carbocycles. The van der Waals surface area contributed by atoms with Crippen LogP contribution in [0.25, 0.3) is 0 Å². The Morgan fingerprint density at radius 1 is 1.03 bits per heavy atom. The van der Waals surface area contributed by atoms with Gasteiger partial charge in [0.05, 0.1) is 7.11 Å². The summed E-state index contributed by atoms with van der Waals surface area (Å²) in [5, 5.41) is 13.3. The number of carbonyl (C=O) groups excluding carboxylic acids is 1. The molecule has 190 valence electrons. The summed E-state index contributed by atoms with van der Waals surface area (Å²) in [5.74, 6) is 0.778. The summed E-state index contributed by atoms with van der Waals surface area (Å²) in [6, 6.07) is 6.19. The predicted octanol–water partition coefficient (Wildman–Crippen LogP) is 6.50. The maximum absolute atomic E-state index is 12.1. The fourth-order valence-corrected chi connectivity index (χ4v) is 3.05. The van der Waals surface area contributed by atoms with E-state index in [2.05, 4.69) is 61.5 Å². The Balaban J connectivity index is 0. The molecule has 0 aliphatic heterocycles. The van der Waals surface area contributed by atoms with Crippen LogP contribution < -0.4 is 15.4 Å². The first-order valence-electron chi connectivity index (χ1n) is 12.4. The van der Waals surface area contributed by atoms with Gasteiger partial charge in [0.15, 0.2) is 0 Å². The standard InChI is InChI=1S/C20H30N4O2.C3H8.2C2H6/c1-12(9-13(2)22-20(25)18-10-14(3)23-24-18)21-11-17-7-8-19(26-6)16(5)15(17)4;1-3-2;2*1-2/h7-8,10,12-13,21H,9,11H2,1-6H3,(H,22,25)(H,23,24);3H2,1-2H3;2*1-2H3. The largest absolute Gasteiger partial charge is 0.496 e. The van der Waals surface area contributed by atoms with Crippen molar-refractivity contribution in [2.24, 2.45) is 0 Å². The van der Waals surface area contributed by atoms with Gasteiger partial charge in [-0.1, -0.05) is 54.0 Å². The summed E-state index contributed by atoms with van der Waals surface area (Å²) in [7, 11) is 1.70. The SMILES string of the molecule is CC.CC.CCC.COc1ccc(CNC(C)CC(C)NC(=O)c2cc(C)[nH]n2)c(C)c1C. The van der Waals surface area contributed by atoms with Gasteiger partial charge in [0.25, 0.3) is 5.91 Å². The van der Waals surface area contributed by atoms with E-state index in [4.69, 9.17) is 4.74 Å². The molecule has 1 amide bonds. The van der Waals surface area contributed by atoms with Crippen molar-refractivity contribution in [2.75, 3.05) is 7.11 Å². The van der Waals surface area contributed by atoms with Crippen LogP contribution in [-0.4, -0.2) is 35.3 Å². The minimum atomic E-state index is -0.143. The van der Waals surface area contributed by atoms with Crippen LogP contribution in [0, 0.1) is 20.8 Å².